The third-order valence-electron chi connectivity index (χ3n) is 6.23. The van der Waals surface area contributed by atoms with Gasteiger partial charge in [-0.25, -0.2) is 0 Å². The number of benzene rings is 1. The molecular weight excluding hydrogens is 409 g/mol. The third kappa shape index (κ3) is 4.15. The van der Waals surface area contributed by atoms with E-state index in [0.717, 1.165) is 49.8 Å². The molecule has 0 radical (unpaired) electrons. The standard InChI is InChI=1S/C23H25Cl2NO3/c1-13-20(23(28)29-15-6-3-2-4-7-15)21(14-10-11-16(24)17(25)12-14)22-18(26-13)8-5-9-19(22)27/h10-12,15,20-21H,2-9H2,1H3. The van der Waals surface area contributed by atoms with Gasteiger partial charge in [-0.05, 0) is 63.1 Å². The molecule has 2 aliphatic carbocycles. The molecule has 0 amide bonds. The Bertz CT molecular complexity index is 899. The predicted octanol–water partition coefficient (Wildman–Crippen LogP) is 6.05. The highest BCUT2D eigenvalue weighted by Crippen LogP contribution is 2.44. The van der Waals surface area contributed by atoms with Gasteiger partial charge in [0.15, 0.2) is 5.78 Å². The Balaban J connectivity index is 1.74. The Hall–Kier alpha value is -1.65. The van der Waals surface area contributed by atoms with Crippen molar-refractivity contribution in [2.45, 2.75) is 70.3 Å². The molecule has 3 aliphatic rings. The molecule has 1 saturated carbocycles. The van der Waals surface area contributed by atoms with E-state index in [2.05, 4.69) is 4.99 Å². The minimum absolute atomic E-state index is 0.0454. The number of halogens is 2. The van der Waals surface area contributed by atoms with Gasteiger partial charge in [0.2, 0.25) is 0 Å². The van der Waals surface area contributed by atoms with Gasteiger partial charge in [0.05, 0.1) is 10.0 Å². The number of allylic oxidation sites excluding steroid dienone is 2. The Morgan fingerprint density at radius 2 is 1.83 bits per heavy atom. The van der Waals surface area contributed by atoms with Crippen LogP contribution in [0, 0.1) is 5.92 Å². The number of Topliss-reactive ketones (excluding diaryl/α,β-unsaturated/α-hetero) is 1. The van der Waals surface area contributed by atoms with E-state index in [-0.39, 0.29) is 17.9 Å². The second-order valence-electron chi connectivity index (χ2n) is 8.22. The maximum atomic E-state index is 13.3. The molecule has 0 spiro atoms. The van der Waals surface area contributed by atoms with Gasteiger partial charge >= 0.3 is 5.97 Å². The minimum Gasteiger partial charge on any atom is -0.462 e. The molecule has 1 heterocycles. The zero-order valence-electron chi connectivity index (χ0n) is 16.5. The first-order chi connectivity index (χ1) is 14.0. The summed E-state index contributed by atoms with van der Waals surface area (Å²) in [5, 5.41) is 0.858. The molecule has 0 N–H and O–H groups in total. The lowest BCUT2D eigenvalue weighted by Gasteiger charge is -2.35. The largest absolute Gasteiger partial charge is 0.462 e. The molecule has 0 bridgehead atoms. The van der Waals surface area contributed by atoms with Crippen LogP contribution in [0.25, 0.3) is 0 Å². The van der Waals surface area contributed by atoms with Gasteiger partial charge in [0, 0.05) is 29.3 Å². The van der Waals surface area contributed by atoms with Crippen molar-refractivity contribution in [3.8, 4) is 0 Å². The van der Waals surface area contributed by atoms with E-state index in [4.69, 9.17) is 27.9 Å². The quantitative estimate of drug-likeness (QED) is 0.544. The summed E-state index contributed by atoms with van der Waals surface area (Å²) in [5.74, 6) is -1.27. The molecule has 1 fully saturated rings. The summed E-state index contributed by atoms with van der Waals surface area (Å²) < 4.78 is 5.91. The first kappa shape index (κ1) is 20.6. The number of rotatable bonds is 3. The summed E-state index contributed by atoms with van der Waals surface area (Å²) in [6, 6.07) is 5.34. The summed E-state index contributed by atoms with van der Waals surface area (Å²) in [5.41, 5.74) is 2.96. The minimum atomic E-state index is -0.616. The topological polar surface area (TPSA) is 55.7 Å². The summed E-state index contributed by atoms with van der Waals surface area (Å²) >= 11 is 12.4. The number of hydrogen-bond donors (Lipinski definition) is 0. The smallest absolute Gasteiger partial charge is 0.315 e. The number of carbonyl (C=O) groups excluding carboxylic acids is 2. The first-order valence-electron chi connectivity index (χ1n) is 10.4. The Labute approximate surface area is 181 Å². The van der Waals surface area contributed by atoms with Crippen molar-refractivity contribution < 1.29 is 14.3 Å². The maximum Gasteiger partial charge on any atom is 0.315 e. The van der Waals surface area contributed by atoms with Crippen LogP contribution in [0.2, 0.25) is 10.0 Å². The van der Waals surface area contributed by atoms with Crippen LogP contribution in [-0.4, -0.2) is 23.6 Å². The number of carbonyl (C=O) groups is 2. The SMILES string of the molecule is CC1=NC2=C(C(=O)CCC2)C(c2ccc(Cl)c(Cl)c2)C1C(=O)OC1CCCCC1. The molecule has 4 rings (SSSR count). The summed E-state index contributed by atoms with van der Waals surface area (Å²) in [6.07, 6.45) is 7.14. The average molecular weight is 434 g/mol. The van der Waals surface area contributed by atoms with Gasteiger partial charge in [-0.1, -0.05) is 35.7 Å². The number of nitrogens with zero attached hydrogens (tertiary/aromatic N) is 1. The lowest BCUT2D eigenvalue weighted by molar-refractivity contribution is -0.153. The van der Waals surface area contributed by atoms with Crippen LogP contribution in [0.4, 0.5) is 0 Å². The van der Waals surface area contributed by atoms with Crippen LogP contribution in [0.5, 0.6) is 0 Å². The van der Waals surface area contributed by atoms with Gasteiger partial charge in [-0.15, -0.1) is 0 Å². The van der Waals surface area contributed by atoms with Crippen molar-refractivity contribution in [2.24, 2.45) is 10.9 Å². The number of ketones is 1. The normalized spacial score (nSPS) is 25.5. The van der Waals surface area contributed by atoms with E-state index in [9.17, 15) is 9.59 Å². The summed E-state index contributed by atoms with van der Waals surface area (Å²) in [6.45, 7) is 1.86. The molecule has 1 aromatic carbocycles. The number of hydrogen-bond acceptors (Lipinski definition) is 4. The predicted molar refractivity (Wildman–Crippen MR) is 115 cm³/mol. The highest BCUT2D eigenvalue weighted by molar-refractivity contribution is 6.42. The zero-order chi connectivity index (χ0) is 20.5. The van der Waals surface area contributed by atoms with E-state index in [0.29, 0.717) is 27.8 Å². The van der Waals surface area contributed by atoms with E-state index in [1.165, 1.54) is 6.42 Å². The van der Waals surface area contributed by atoms with Crippen molar-refractivity contribution in [1.29, 1.82) is 0 Å². The lowest BCUT2D eigenvalue weighted by Crippen LogP contribution is -2.38. The fraction of sp³-hybridized carbons (Fsp3) is 0.522. The van der Waals surface area contributed by atoms with Crippen LogP contribution in [0.1, 0.15) is 69.8 Å². The average Bonchev–Trinajstić information content (AvgIpc) is 2.70. The van der Waals surface area contributed by atoms with Crippen molar-refractivity contribution >= 4 is 40.7 Å². The Morgan fingerprint density at radius 1 is 1.07 bits per heavy atom. The molecule has 4 nitrogen and oxygen atoms in total. The maximum absolute atomic E-state index is 13.3. The Kier molecular flexibility index (Phi) is 6.12. The van der Waals surface area contributed by atoms with E-state index in [1.54, 1.807) is 12.1 Å². The zero-order valence-corrected chi connectivity index (χ0v) is 18.1. The van der Waals surface area contributed by atoms with Crippen molar-refractivity contribution in [3.05, 3.63) is 45.1 Å². The molecule has 6 heteroatoms. The van der Waals surface area contributed by atoms with Gasteiger partial charge in [0.25, 0.3) is 0 Å². The first-order valence-corrected chi connectivity index (χ1v) is 11.2. The molecule has 1 aliphatic heterocycles. The number of esters is 1. The molecule has 2 atom stereocenters. The van der Waals surface area contributed by atoms with Crippen molar-refractivity contribution in [2.75, 3.05) is 0 Å². The van der Waals surface area contributed by atoms with Gasteiger partial charge in [-0.2, -0.15) is 0 Å². The van der Waals surface area contributed by atoms with Crippen molar-refractivity contribution in [1.82, 2.24) is 0 Å². The second kappa shape index (κ2) is 8.61. The number of aliphatic imine (C=N–C) groups is 1. The van der Waals surface area contributed by atoms with Crippen LogP contribution < -0.4 is 0 Å². The number of ether oxygens (including phenoxy) is 1. The molecule has 0 saturated heterocycles. The monoisotopic (exact) mass is 433 g/mol. The molecule has 2 unspecified atom stereocenters. The van der Waals surface area contributed by atoms with E-state index in [1.807, 2.05) is 13.0 Å². The Morgan fingerprint density at radius 3 is 2.55 bits per heavy atom. The summed E-state index contributed by atoms with van der Waals surface area (Å²) in [4.78, 5) is 30.9. The molecule has 29 heavy (non-hydrogen) atoms. The fourth-order valence-corrected chi connectivity index (χ4v) is 5.10. The summed E-state index contributed by atoms with van der Waals surface area (Å²) in [7, 11) is 0. The molecule has 154 valence electrons. The molecule has 0 aromatic heterocycles. The third-order valence-corrected chi connectivity index (χ3v) is 6.97. The second-order valence-corrected chi connectivity index (χ2v) is 9.03. The molecule has 1 aromatic rings. The highest BCUT2D eigenvalue weighted by Gasteiger charge is 2.43. The fourth-order valence-electron chi connectivity index (χ4n) is 4.80. The van der Waals surface area contributed by atoms with Gasteiger partial charge in [0.1, 0.15) is 12.0 Å². The van der Waals surface area contributed by atoms with Crippen LogP contribution in [0.3, 0.4) is 0 Å². The highest BCUT2D eigenvalue weighted by atomic mass is 35.5. The van der Waals surface area contributed by atoms with E-state index < -0.39 is 11.8 Å². The van der Waals surface area contributed by atoms with Crippen molar-refractivity contribution in [3.63, 3.8) is 0 Å². The van der Waals surface area contributed by atoms with Gasteiger partial charge < -0.3 is 4.74 Å². The van der Waals surface area contributed by atoms with Crippen LogP contribution in [-0.2, 0) is 14.3 Å². The van der Waals surface area contributed by atoms with E-state index >= 15 is 0 Å². The van der Waals surface area contributed by atoms with Gasteiger partial charge in [-0.3, -0.25) is 14.6 Å². The molecular formula is C23H25Cl2NO3. The van der Waals surface area contributed by atoms with Crippen LogP contribution >= 0.6 is 23.2 Å². The lowest BCUT2D eigenvalue weighted by atomic mass is 9.71. The van der Waals surface area contributed by atoms with Crippen LogP contribution in [0.15, 0.2) is 34.5 Å².